The van der Waals surface area contributed by atoms with Crippen molar-refractivity contribution in [2.75, 3.05) is 0 Å². The lowest BCUT2D eigenvalue weighted by molar-refractivity contribution is -0.388. The van der Waals surface area contributed by atoms with Crippen LogP contribution in [0.1, 0.15) is 16.7 Å². The fraction of sp³-hybridized carbons (Fsp3) is 0.333. The third kappa shape index (κ3) is 3.17. The molecular formula is C9H4BrF6NO2. The van der Waals surface area contributed by atoms with Crippen LogP contribution >= 0.6 is 15.9 Å². The molecule has 0 N–H and O–H groups in total. The molecule has 0 saturated heterocycles. The topological polar surface area (TPSA) is 43.1 Å². The second kappa shape index (κ2) is 4.99. The predicted molar refractivity (Wildman–Crippen MR) is 55.7 cm³/mol. The molecule has 0 bridgehead atoms. The van der Waals surface area contributed by atoms with Gasteiger partial charge >= 0.3 is 12.4 Å². The first kappa shape index (κ1) is 15.7. The Morgan fingerprint density at radius 2 is 1.63 bits per heavy atom. The summed E-state index contributed by atoms with van der Waals surface area (Å²) < 4.78 is 75.9. The van der Waals surface area contributed by atoms with Crippen molar-refractivity contribution in [3.8, 4) is 0 Å². The van der Waals surface area contributed by atoms with E-state index in [1.807, 2.05) is 0 Å². The van der Waals surface area contributed by atoms with Crippen LogP contribution in [0.3, 0.4) is 0 Å². The van der Waals surface area contributed by atoms with Gasteiger partial charge in [-0.3, -0.25) is 10.1 Å². The van der Waals surface area contributed by atoms with E-state index in [0.29, 0.717) is 0 Å². The number of nitro benzene ring substituents is 1. The zero-order valence-electron chi connectivity index (χ0n) is 8.77. The van der Waals surface area contributed by atoms with Gasteiger partial charge in [-0.25, -0.2) is 0 Å². The van der Waals surface area contributed by atoms with E-state index in [1.165, 1.54) is 0 Å². The van der Waals surface area contributed by atoms with Crippen LogP contribution < -0.4 is 0 Å². The molecule has 0 aliphatic heterocycles. The first-order valence-electron chi connectivity index (χ1n) is 4.50. The lowest BCUT2D eigenvalue weighted by Crippen LogP contribution is -2.17. The van der Waals surface area contributed by atoms with Gasteiger partial charge in [0, 0.05) is 11.4 Å². The van der Waals surface area contributed by atoms with Crippen LogP contribution in [0.5, 0.6) is 0 Å². The van der Waals surface area contributed by atoms with E-state index >= 15 is 0 Å². The summed E-state index contributed by atoms with van der Waals surface area (Å²) in [7, 11) is 0. The molecule has 0 saturated carbocycles. The van der Waals surface area contributed by atoms with Gasteiger partial charge in [0.1, 0.15) is 5.56 Å². The zero-order valence-corrected chi connectivity index (χ0v) is 10.4. The Kier molecular flexibility index (Phi) is 4.13. The highest BCUT2D eigenvalue weighted by Gasteiger charge is 2.45. The van der Waals surface area contributed by atoms with Crippen molar-refractivity contribution in [1.29, 1.82) is 0 Å². The van der Waals surface area contributed by atoms with E-state index in [1.54, 1.807) is 0 Å². The minimum Gasteiger partial charge on any atom is -0.258 e. The molecule has 10 heteroatoms. The highest BCUT2D eigenvalue weighted by atomic mass is 79.9. The van der Waals surface area contributed by atoms with Gasteiger partial charge in [-0.1, -0.05) is 15.9 Å². The molecule has 0 atom stereocenters. The van der Waals surface area contributed by atoms with E-state index < -0.39 is 45.0 Å². The van der Waals surface area contributed by atoms with Crippen LogP contribution in [0.15, 0.2) is 12.1 Å². The Hall–Kier alpha value is -1.32. The minimum absolute atomic E-state index is 0.206. The Morgan fingerprint density at radius 3 is 1.95 bits per heavy atom. The number of hydrogen-bond acceptors (Lipinski definition) is 2. The van der Waals surface area contributed by atoms with E-state index in [4.69, 9.17) is 0 Å². The first-order chi connectivity index (χ1) is 8.50. The van der Waals surface area contributed by atoms with Crippen molar-refractivity contribution in [1.82, 2.24) is 0 Å². The quantitative estimate of drug-likeness (QED) is 0.340. The number of hydrogen-bond donors (Lipinski definition) is 0. The number of alkyl halides is 7. The molecule has 106 valence electrons. The second-order valence-electron chi connectivity index (χ2n) is 3.37. The third-order valence-corrected chi connectivity index (χ3v) is 2.77. The van der Waals surface area contributed by atoms with Crippen molar-refractivity contribution in [2.24, 2.45) is 0 Å². The normalized spacial score (nSPS) is 12.6. The number of rotatable bonds is 2. The van der Waals surface area contributed by atoms with Crippen LogP contribution in [0.2, 0.25) is 0 Å². The zero-order chi connectivity index (χ0) is 15.0. The molecule has 0 fully saturated rings. The van der Waals surface area contributed by atoms with E-state index in [0.717, 1.165) is 0 Å². The van der Waals surface area contributed by atoms with E-state index in [2.05, 4.69) is 15.9 Å². The van der Waals surface area contributed by atoms with Crippen molar-refractivity contribution in [2.45, 2.75) is 17.7 Å². The lowest BCUT2D eigenvalue weighted by Gasteiger charge is -2.17. The molecule has 0 aromatic heterocycles. The lowest BCUT2D eigenvalue weighted by atomic mass is 9.99. The molecule has 19 heavy (non-hydrogen) atoms. The van der Waals surface area contributed by atoms with E-state index in [-0.39, 0.29) is 12.1 Å². The van der Waals surface area contributed by atoms with Gasteiger partial charge in [-0.05, 0) is 11.6 Å². The largest absolute Gasteiger partial charge is 0.423 e. The number of nitrogens with zero attached hydrogens (tertiary/aromatic N) is 1. The summed E-state index contributed by atoms with van der Waals surface area (Å²) in [5, 5.41) is 9.70. The maximum Gasteiger partial charge on any atom is 0.423 e. The summed E-state index contributed by atoms with van der Waals surface area (Å²) >= 11 is 2.50. The molecule has 0 amide bonds. The van der Waals surface area contributed by atoms with Crippen molar-refractivity contribution >= 4 is 21.6 Å². The van der Waals surface area contributed by atoms with Crippen molar-refractivity contribution in [3.05, 3.63) is 38.9 Å². The van der Waals surface area contributed by atoms with Gasteiger partial charge in [-0.2, -0.15) is 26.3 Å². The van der Waals surface area contributed by atoms with Gasteiger partial charge in [0.25, 0.3) is 5.69 Å². The van der Waals surface area contributed by atoms with Gasteiger partial charge in [-0.15, -0.1) is 0 Å². The fourth-order valence-corrected chi connectivity index (χ4v) is 2.09. The van der Waals surface area contributed by atoms with Crippen molar-refractivity contribution < 1.29 is 31.3 Å². The van der Waals surface area contributed by atoms with Gasteiger partial charge in [0.2, 0.25) is 0 Å². The average molecular weight is 352 g/mol. The number of benzene rings is 1. The monoisotopic (exact) mass is 351 g/mol. The van der Waals surface area contributed by atoms with Crippen LogP contribution in [0.4, 0.5) is 32.0 Å². The predicted octanol–water partition coefficient (Wildman–Crippen LogP) is 4.53. The summed E-state index contributed by atoms with van der Waals surface area (Å²) in [6, 6.07) is 0.474. The second-order valence-corrected chi connectivity index (χ2v) is 3.93. The standard InChI is InChI=1S/C9H4BrF6NO2/c10-3-4-5(8(11,12)13)1-2-6(17(18)19)7(4)9(14,15)16/h1-2H,3H2. The van der Waals surface area contributed by atoms with Crippen LogP contribution in [0.25, 0.3) is 0 Å². The first-order valence-corrected chi connectivity index (χ1v) is 5.63. The van der Waals surface area contributed by atoms with Gasteiger partial charge in [0.15, 0.2) is 0 Å². The Labute approximate surface area is 110 Å². The molecule has 0 aliphatic rings. The van der Waals surface area contributed by atoms with Gasteiger partial charge in [0.05, 0.1) is 10.5 Å². The molecule has 0 radical (unpaired) electrons. The van der Waals surface area contributed by atoms with Crippen LogP contribution in [0, 0.1) is 10.1 Å². The summed E-state index contributed by atoms with van der Waals surface area (Å²) in [6.07, 6.45) is -10.3. The third-order valence-electron chi connectivity index (χ3n) is 2.21. The molecule has 3 nitrogen and oxygen atoms in total. The molecule has 1 rings (SSSR count). The maximum absolute atomic E-state index is 12.7. The maximum atomic E-state index is 12.7. The minimum atomic E-state index is -5.26. The highest BCUT2D eigenvalue weighted by Crippen LogP contribution is 2.44. The Morgan fingerprint density at radius 1 is 1.11 bits per heavy atom. The van der Waals surface area contributed by atoms with Crippen molar-refractivity contribution in [3.63, 3.8) is 0 Å². The summed E-state index contributed by atoms with van der Waals surface area (Å²) in [5.41, 5.74) is -6.05. The van der Waals surface area contributed by atoms with Crippen LogP contribution in [-0.4, -0.2) is 4.92 Å². The average Bonchev–Trinajstić information content (AvgIpc) is 2.24. The molecule has 1 aromatic rings. The number of halogens is 7. The molecule has 0 spiro atoms. The smallest absolute Gasteiger partial charge is 0.258 e. The fourth-order valence-electron chi connectivity index (χ4n) is 1.51. The summed E-state index contributed by atoms with van der Waals surface area (Å²) in [4.78, 5) is 9.14. The Bertz CT molecular complexity index is 511. The molecule has 1 aromatic carbocycles. The number of nitro groups is 1. The highest BCUT2D eigenvalue weighted by molar-refractivity contribution is 9.08. The van der Waals surface area contributed by atoms with E-state index in [9.17, 15) is 36.5 Å². The Balaban J connectivity index is 3.75. The molecule has 0 unspecified atom stereocenters. The summed E-state index contributed by atoms with van der Waals surface area (Å²) in [6.45, 7) is 0. The molecule has 0 aliphatic carbocycles. The molecule has 0 heterocycles. The summed E-state index contributed by atoms with van der Waals surface area (Å²) in [5.74, 6) is 0. The molecular weight excluding hydrogens is 348 g/mol. The van der Waals surface area contributed by atoms with Crippen LogP contribution in [-0.2, 0) is 17.7 Å². The van der Waals surface area contributed by atoms with Gasteiger partial charge < -0.3 is 0 Å². The SMILES string of the molecule is O=[N+]([O-])c1ccc(C(F)(F)F)c(CBr)c1C(F)(F)F.